The van der Waals surface area contributed by atoms with Gasteiger partial charge in [0.15, 0.2) is 11.6 Å². The number of aromatic nitrogens is 7. The summed E-state index contributed by atoms with van der Waals surface area (Å²) >= 11 is 0. The molecule has 0 amide bonds. The van der Waals surface area contributed by atoms with Crippen LogP contribution >= 0.6 is 0 Å². The summed E-state index contributed by atoms with van der Waals surface area (Å²) in [6, 6.07) is 16.6. The summed E-state index contributed by atoms with van der Waals surface area (Å²) in [7, 11) is 0. The van der Waals surface area contributed by atoms with Gasteiger partial charge in [0.05, 0.1) is 0 Å². The number of rotatable bonds is 10. The van der Waals surface area contributed by atoms with Gasteiger partial charge in [0, 0.05) is 24.9 Å². The molecule has 31 heavy (non-hydrogen) atoms. The molecule has 2 aromatic heterocycles. The minimum Gasteiger partial charge on any atom is -0.249 e. The molecular weight excluding hydrogens is 386 g/mol. The average molecular weight is 412 g/mol. The second kappa shape index (κ2) is 9.75. The van der Waals surface area contributed by atoms with E-state index in [9.17, 15) is 0 Å². The fraction of sp³-hybridized carbons (Fsp3) is 0.208. The molecule has 0 unspecified atom stereocenters. The van der Waals surface area contributed by atoms with E-state index in [1.807, 2.05) is 35.0 Å². The number of aromatic amines is 1. The predicted molar refractivity (Wildman–Crippen MR) is 121 cm³/mol. The molecule has 2 heterocycles. The number of hydrogen-bond donors (Lipinski definition) is 1. The maximum atomic E-state index is 4.77. The fourth-order valence-corrected chi connectivity index (χ4v) is 3.49. The number of benzene rings is 2. The fourth-order valence-electron chi connectivity index (χ4n) is 3.49. The average Bonchev–Trinajstić information content (AvgIpc) is 3.47. The van der Waals surface area contributed by atoms with Crippen LogP contribution in [0, 0.1) is 0 Å². The van der Waals surface area contributed by atoms with Gasteiger partial charge in [0.2, 0.25) is 0 Å². The Morgan fingerprint density at radius 3 is 2.42 bits per heavy atom. The molecule has 0 spiro atoms. The number of tetrazole rings is 1. The van der Waals surface area contributed by atoms with E-state index in [0.29, 0.717) is 5.82 Å². The van der Waals surface area contributed by atoms with Crippen molar-refractivity contribution in [1.29, 1.82) is 0 Å². The molecule has 0 fully saturated rings. The summed E-state index contributed by atoms with van der Waals surface area (Å²) in [6.45, 7) is 8.40. The van der Waals surface area contributed by atoms with Gasteiger partial charge in [0.25, 0.3) is 0 Å². The molecule has 0 bridgehead atoms. The summed E-state index contributed by atoms with van der Waals surface area (Å²) in [5.74, 6) is 2.49. The third kappa shape index (κ3) is 4.83. The molecule has 7 heteroatoms. The first-order valence-electron chi connectivity index (χ1n) is 10.4. The van der Waals surface area contributed by atoms with Crippen molar-refractivity contribution in [2.75, 3.05) is 0 Å². The molecule has 4 aromatic rings. The maximum Gasteiger partial charge on any atom is 0.180 e. The van der Waals surface area contributed by atoms with Crippen molar-refractivity contribution < 1.29 is 0 Å². The Hall–Kier alpha value is -3.87. The number of allylic oxidation sites excluding steroid dienone is 2. The first-order chi connectivity index (χ1) is 15.3. The van der Waals surface area contributed by atoms with Gasteiger partial charge in [0.1, 0.15) is 5.82 Å². The first-order valence-corrected chi connectivity index (χ1v) is 10.4. The van der Waals surface area contributed by atoms with Gasteiger partial charge >= 0.3 is 0 Å². The SMILES string of the molecule is C=CCCc1nc(Cc2ccc(-c3ccccc3-c3nnn[nH]3)cc2)n(CCC=C)n1. The summed E-state index contributed by atoms with van der Waals surface area (Å²) in [6.07, 6.45) is 7.08. The zero-order valence-electron chi connectivity index (χ0n) is 17.4. The van der Waals surface area contributed by atoms with Crippen molar-refractivity contribution in [2.24, 2.45) is 0 Å². The monoisotopic (exact) mass is 411 g/mol. The van der Waals surface area contributed by atoms with Gasteiger partial charge < -0.3 is 0 Å². The highest BCUT2D eigenvalue weighted by Crippen LogP contribution is 2.29. The highest BCUT2D eigenvalue weighted by atomic mass is 15.5. The number of aryl methyl sites for hydroxylation is 2. The van der Waals surface area contributed by atoms with Crippen molar-refractivity contribution >= 4 is 0 Å². The van der Waals surface area contributed by atoms with E-state index >= 15 is 0 Å². The van der Waals surface area contributed by atoms with Gasteiger partial charge in [-0.05, 0) is 40.0 Å². The summed E-state index contributed by atoms with van der Waals surface area (Å²) in [5, 5.41) is 19.0. The lowest BCUT2D eigenvalue weighted by molar-refractivity contribution is 0.588. The largest absolute Gasteiger partial charge is 0.249 e. The topological polar surface area (TPSA) is 85.2 Å². The second-order valence-electron chi connectivity index (χ2n) is 7.24. The lowest BCUT2D eigenvalue weighted by atomic mass is 9.98. The molecule has 0 aliphatic rings. The molecule has 0 radical (unpaired) electrons. The molecule has 4 rings (SSSR count). The Balaban J connectivity index is 1.57. The van der Waals surface area contributed by atoms with E-state index in [0.717, 1.165) is 60.6 Å². The van der Waals surface area contributed by atoms with Crippen LogP contribution in [0.5, 0.6) is 0 Å². The van der Waals surface area contributed by atoms with Crippen LogP contribution in [0.3, 0.4) is 0 Å². The van der Waals surface area contributed by atoms with E-state index < -0.39 is 0 Å². The third-order valence-electron chi connectivity index (χ3n) is 5.06. The van der Waals surface area contributed by atoms with Gasteiger partial charge in [-0.3, -0.25) is 0 Å². The number of nitrogens with zero attached hydrogens (tertiary/aromatic N) is 6. The van der Waals surface area contributed by atoms with E-state index in [1.54, 1.807) is 0 Å². The molecule has 0 aliphatic carbocycles. The summed E-state index contributed by atoms with van der Waals surface area (Å²) in [4.78, 5) is 4.77. The molecule has 156 valence electrons. The summed E-state index contributed by atoms with van der Waals surface area (Å²) < 4.78 is 2.00. The Labute approximate surface area is 181 Å². The van der Waals surface area contributed by atoms with E-state index in [2.05, 4.69) is 69.2 Å². The van der Waals surface area contributed by atoms with Gasteiger partial charge in [-0.25, -0.2) is 14.8 Å². The van der Waals surface area contributed by atoms with Crippen molar-refractivity contribution in [1.82, 2.24) is 35.4 Å². The van der Waals surface area contributed by atoms with Crippen LogP contribution in [0.4, 0.5) is 0 Å². The quantitative estimate of drug-likeness (QED) is 0.391. The molecule has 0 atom stereocenters. The molecule has 7 nitrogen and oxygen atoms in total. The Kier molecular flexibility index (Phi) is 6.42. The van der Waals surface area contributed by atoms with Crippen molar-refractivity contribution in [2.45, 2.75) is 32.2 Å². The highest BCUT2D eigenvalue weighted by molar-refractivity contribution is 5.80. The third-order valence-corrected chi connectivity index (χ3v) is 5.06. The van der Waals surface area contributed by atoms with Crippen LogP contribution in [0.1, 0.15) is 30.1 Å². The minimum atomic E-state index is 0.655. The van der Waals surface area contributed by atoms with E-state index in [-0.39, 0.29) is 0 Å². The Morgan fingerprint density at radius 1 is 0.935 bits per heavy atom. The summed E-state index contributed by atoms with van der Waals surface area (Å²) in [5.41, 5.74) is 4.34. The van der Waals surface area contributed by atoms with Gasteiger partial charge in [-0.1, -0.05) is 60.7 Å². The molecule has 0 saturated carbocycles. The maximum absolute atomic E-state index is 4.77. The van der Waals surface area contributed by atoms with Crippen molar-refractivity contribution in [3.63, 3.8) is 0 Å². The molecule has 1 N–H and O–H groups in total. The lowest BCUT2D eigenvalue weighted by Crippen LogP contribution is -2.06. The normalized spacial score (nSPS) is 10.8. The number of H-pyrrole nitrogens is 1. The number of hydrogen-bond acceptors (Lipinski definition) is 5. The van der Waals surface area contributed by atoms with Crippen molar-refractivity contribution in [3.05, 3.63) is 91.1 Å². The molecule has 0 saturated heterocycles. The molecular formula is C24H25N7. The van der Waals surface area contributed by atoms with Crippen LogP contribution in [-0.4, -0.2) is 35.4 Å². The zero-order chi connectivity index (χ0) is 21.5. The second-order valence-corrected chi connectivity index (χ2v) is 7.24. The smallest absolute Gasteiger partial charge is 0.180 e. The predicted octanol–water partition coefficient (Wildman–Crippen LogP) is 4.41. The molecule has 2 aromatic carbocycles. The molecule has 0 aliphatic heterocycles. The first kappa shape index (κ1) is 20.4. The van der Waals surface area contributed by atoms with Crippen LogP contribution in [0.15, 0.2) is 73.8 Å². The van der Waals surface area contributed by atoms with E-state index in [1.165, 1.54) is 5.56 Å². The van der Waals surface area contributed by atoms with Crippen LogP contribution < -0.4 is 0 Å². The van der Waals surface area contributed by atoms with Crippen molar-refractivity contribution in [3.8, 4) is 22.5 Å². The number of nitrogens with one attached hydrogen (secondary N) is 1. The van der Waals surface area contributed by atoms with Crippen LogP contribution in [0.25, 0.3) is 22.5 Å². The van der Waals surface area contributed by atoms with Gasteiger partial charge in [-0.15, -0.1) is 18.3 Å². The van der Waals surface area contributed by atoms with Crippen LogP contribution in [0.2, 0.25) is 0 Å². The van der Waals surface area contributed by atoms with E-state index in [4.69, 9.17) is 4.98 Å². The minimum absolute atomic E-state index is 0.655. The highest BCUT2D eigenvalue weighted by Gasteiger charge is 2.12. The standard InChI is InChI=1S/C24H25N7/c1-3-5-11-22-25-23(31(28-22)16-6-4-2)17-18-12-14-19(15-13-18)20-9-7-8-10-21(20)24-26-29-30-27-24/h3-4,7-10,12-15H,1-2,5-6,11,16-17H2,(H,26,27,29,30). The Bertz CT molecular complexity index is 1140. The lowest BCUT2D eigenvalue weighted by Gasteiger charge is -2.09. The zero-order valence-corrected chi connectivity index (χ0v) is 17.4. The Morgan fingerprint density at radius 2 is 1.71 bits per heavy atom. The van der Waals surface area contributed by atoms with Gasteiger partial charge in [-0.2, -0.15) is 5.10 Å². The van der Waals surface area contributed by atoms with Crippen LogP contribution in [-0.2, 0) is 19.4 Å².